The van der Waals surface area contributed by atoms with Crippen molar-refractivity contribution in [1.29, 1.82) is 0 Å². The van der Waals surface area contributed by atoms with E-state index in [1.54, 1.807) is 0 Å². The lowest BCUT2D eigenvalue weighted by atomic mass is 10.2. The monoisotopic (exact) mass is 534 g/mol. The van der Waals surface area contributed by atoms with Crippen molar-refractivity contribution in [3.63, 3.8) is 0 Å². The van der Waals surface area contributed by atoms with Gasteiger partial charge in [0.2, 0.25) is 11.8 Å². The molecule has 2 N–H and O–H groups in total. The molecule has 4 rings (SSSR count). The first-order chi connectivity index (χ1) is 19.7. The fourth-order valence-corrected chi connectivity index (χ4v) is 3.59. The Labute approximate surface area is 233 Å². The summed E-state index contributed by atoms with van der Waals surface area (Å²) in [5.41, 5.74) is 8.43. The van der Waals surface area contributed by atoms with Crippen LogP contribution in [0, 0.1) is 0 Å². The van der Waals surface area contributed by atoms with Crippen molar-refractivity contribution < 1.29 is 19.1 Å². The third-order valence-electron chi connectivity index (χ3n) is 5.68. The average Bonchev–Trinajstić information content (AvgIpc) is 3.00. The normalized spacial score (nSPS) is 10.9. The molecular formula is C32H30N4O4. The molecule has 0 fully saturated rings. The highest BCUT2D eigenvalue weighted by molar-refractivity contribution is 5.88. The van der Waals surface area contributed by atoms with Gasteiger partial charge in [-0.3, -0.25) is 9.59 Å². The highest BCUT2D eigenvalue weighted by Crippen LogP contribution is 2.18. The van der Waals surface area contributed by atoms with E-state index in [4.69, 9.17) is 9.47 Å². The van der Waals surface area contributed by atoms with E-state index >= 15 is 0 Å². The first-order valence-electron chi connectivity index (χ1n) is 12.8. The molecule has 0 radical (unpaired) electrons. The Morgan fingerprint density at radius 2 is 0.925 bits per heavy atom. The number of hydrogen-bond donors (Lipinski definition) is 2. The third-order valence-corrected chi connectivity index (χ3v) is 5.68. The zero-order valence-corrected chi connectivity index (χ0v) is 21.9. The SMILES string of the molecule is O=C(CCC(=O)N/N=C\c1ccccc1OCc1ccccc1)N/N=C\c1ccccc1OCc1ccccc1. The number of para-hydroxylation sites is 2. The molecule has 2 amide bonds. The van der Waals surface area contributed by atoms with Crippen LogP contribution in [0.3, 0.4) is 0 Å². The van der Waals surface area contributed by atoms with Gasteiger partial charge >= 0.3 is 0 Å². The van der Waals surface area contributed by atoms with Crippen LogP contribution >= 0.6 is 0 Å². The number of rotatable bonds is 13. The van der Waals surface area contributed by atoms with Crippen molar-refractivity contribution in [1.82, 2.24) is 10.9 Å². The van der Waals surface area contributed by atoms with Gasteiger partial charge in [-0.05, 0) is 35.4 Å². The number of carbonyl (C=O) groups is 2. The Hall–Kier alpha value is -5.24. The molecule has 0 spiro atoms. The van der Waals surface area contributed by atoms with Crippen molar-refractivity contribution in [3.8, 4) is 11.5 Å². The van der Waals surface area contributed by atoms with Gasteiger partial charge in [0.05, 0.1) is 12.4 Å². The molecule has 0 saturated heterocycles. The molecule has 0 aliphatic carbocycles. The molecule has 0 saturated carbocycles. The van der Waals surface area contributed by atoms with Gasteiger partial charge in [-0.15, -0.1) is 0 Å². The molecule has 0 heterocycles. The first-order valence-corrected chi connectivity index (χ1v) is 12.8. The largest absolute Gasteiger partial charge is 0.488 e. The van der Waals surface area contributed by atoms with Gasteiger partial charge in [0.25, 0.3) is 0 Å². The van der Waals surface area contributed by atoms with Crippen LogP contribution in [0.15, 0.2) is 119 Å². The van der Waals surface area contributed by atoms with Crippen LogP contribution in [0.25, 0.3) is 0 Å². The van der Waals surface area contributed by atoms with E-state index in [9.17, 15) is 9.59 Å². The van der Waals surface area contributed by atoms with Crippen LogP contribution in [0.4, 0.5) is 0 Å². The lowest BCUT2D eigenvalue weighted by molar-refractivity contribution is -0.126. The Morgan fingerprint density at radius 1 is 0.550 bits per heavy atom. The Bertz CT molecular complexity index is 1330. The quantitative estimate of drug-likeness (QED) is 0.181. The maximum atomic E-state index is 12.2. The number of amides is 2. The molecule has 0 aliphatic rings. The minimum Gasteiger partial charge on any atom is -0.488 e. The van der Waals surface area contributed by atoms with Gasteiger partial charge in [-0.1, -0.05) is 84.9 Å². The number of benzene rings is 4. The van der Waals surface area contributed by atoms with Crippen LogP contribution in [-0.4, -0.2) is 24.2 Å². The molecular weight excluding hydrogens is 504 g/mol. The molecule has 0 bridgehead atoms. The minimum absolute atomic E-state index is 0.0401. The van der Waals surface area contributed by atoms with E-state index in [0.29, 0.717) is 24.7 Å². The first kappa shape index (κ1) is 27.8. The summed E-state index contributed by atoms with van der Waals surface area (Å²) in [4.78, 5) is 24.3. The van der Waals surface area contributed by atoms with Crippen molar-refractivity contribution in [3.05, 3.63) is 131 Å². The lowest BCUT2D eigenvalue weighted by Crippen LogP contribution is -2.22. The van der Waals surface area contributed by atoms with E-state index in [1.807, 2.05) is 109 Å². The third kappa shape index (κ3) is 9.25. The summed E-state index contributed by atoms with van der Waals surface area (Å²) in [7, 11) is 0. The highest BCUT2D eigenvalue weighted by atomic mass is 16.5. The van der Waals surface area contributed by atoms with E-state index < -0.39 is 11.8 Å². The predicted molar refractivity (Wildman–Crippen MR) is 155 cm³/mol. The Kier molecular flexibility index (Phi) is 10.6. The van der Waals surface area contributed by atoms with Crippen LogP contribution in [0.5, 0.6) is 11.5 Å². The van der Waals surface area contributed by atoms with E-state index in [0.717, 1.165) is 22.3 Å². The molecule has 8 heteroatoms. The van der Waals surface area contributed by atoms with Crippen molar-refractivity contribution in [2.75, 3.05) is 0 Å². The molecule has 0 aliphatic heterocycles. The zero-order chi connectivity index (χ0) is 27.8. The van der Waals surface area contributed by atoms with Gasteiger partial charge in [0.15, 0.2) is 0 Å². The zero-order valence-electron chi connectivity index (χ0n) is 21.9. The van der Waals surface area contributed by atoms with Crippen LogP contribution in [0.2, 0.25) is 0 Å². The number of nitrogens with zero attached hydrogens (tertiary/aromatic N) is 2. The molecule has 0 aromatic heterocycles. The molecule has 4 aromatic rings. The number of nitrogens with one attached hydrogen (secondary N) is 2. The average molecular weight is 535 g/mol. The number of hydrogen-bond acceptors (Lipinski definition) is 6. The van der Waals surface area contributed by atoms with Crippen LogP contribution in [-0.2, 0) is 22.8 Å². The summed E-state index contributed by atoms with van der Waals surface area (Å²) in [5.74, 6) is 0.512. The summed E-state index contributed by atoms with van der Waals surface area (Å²) in [6.07, 6.45) is 2.95. The summed E-state index contributed by atoms with van der Waals surface area (Å²) in [5, 5.41) is 8.01. The smallest absolute Gasteiger partial charge is 0.240 e. The number of ether oxygens (including phenoxy) is 2. The van der Waals surface area contributed by atoms with Gasteiger partial charge < -0.3 is 9.47 Å². The van der Waals surface area contributed by atoms with Gasteiger partial charge in [-0.2, -0.15) is 10.2 Å². The second-order valence-electron chi connectivity index (χ2n) is 8.71. The van der Waals surface area contributed by atoms with E-state index in [1.165, 1.54) is 12.4 Å². The van der Waals surface area contributed by atoms with Crippen molar-refractivity contribution in [2.45, 2.75) is 26.1 Å². The summed E-state index contributed by atoms with van der Waals surface area (Å²) in [6, 6.07) is 34.5. The summed E-state index contributed by atoms with van der Waals surface area (Å²) < 4.78 is 11.8. The second kappa shape index (κ2) is 15.2. The van der Waals surface area contributed by atoms with Gasteiger partial charge in [0, 0.05) is 24.0 Å². The summed E-state index contributed by atoms with van der Waals surface area (Å²) >= 11 is 0. The topological polar surface area (TPSA) is 101 Å². The Balaban J connectivity index is 1.19. The second-order valence-corrected chi connectivity index (χ2v) is 8.71. The van der Waals surface area contributed by atoms with Crippen LogP contribution in [0.1, 0.15) is 35.1 Å². The predicted octanol–water partition coefficient (Wildman–Crippen LogP) is 5.23. The number of hydrazone groups is 2. The molecule has 8 nitrogen and oxygen atoms in total. The fraction of sp³-hybridized carbons (Fsp3) is 0.125. The number of carbonyl (C=O) groups excluding carboxylic acids is 2. The standard InChI is InChI=1S/C32H30N4O4/c37-31(35-33-21-27-15-7-9-17-29(27)39-23-25-11-3-1-4-12-25)19-20-32(38)36-34-22-28-16-8-10-18-30(28)40-24-26-13-5-2-6-14-26/h1-18,21-22H,19-20,23-24H2,(H,35,37)(H,36,38)/b33-21-,34-22-. The van der Waals surface area contributed by atoms with E-state index in [-0.39, 0.29) is 12.8 Å². The van der Waals surface area contributed by atoms with Gasteiger partial charge in [-0.25, -0.2) is 10.9 Å². The highest BCUT2D eigenvalue weighted by Gasteiger charge is 2.07. The molecule has 0 unspecified atom stereocenters. The fourth-order valence-electron chi connectivity index (χ4n) is 3.59. The Morgan fingerprint density at radius 3 is 1.35 bits per heavy atom. The van der Waals surface area contributed by atoms with Gasteiger partial charge in [0.1, 0.15) is 24.7 Å². The summed E-state index contributed by atoms with van der Waals surface area (Å²) in [6.45, 7) is 0.837. The minimum atomic E-state index is -0.391. The maximum Gasteiger partial charge on any atom is 0.240 e. The van der Waals surface area contributed by atoms with Crippen molar-refractivity contribution >= 4 is 24.2 Å². The van der Waals surface area contributed by atoms with Crippen LogP contribution < -0.4 is 20.3 Å². The molecule has 0 atom stereocenters. The lowest BCUT2D eigenvalue weighted by Gasteiger charge is -2.09. The maximum absolute atomic E-state index is 12.2. The molecule has 202 valence electrons. The molecule has 40 heavy (non-hydrogen) atoms. The van der Waals surface area contributed by atoms with E-state index in [2.05, 4.69) is 21.1 Å². The molecule has 4 aromatic carbocycles. The van der Waals surface area contributed by atoms with Crippen molar-refractivity contribution in [2.24, 2.45) is 10.2 Å².